The van der Waals surface area contributed by atoms with Crippen molar-refractivity contribution in [2.45, 2.75) is 6.92 Å². The molecule has 0 atom stereocenters. The minimum atomic E-state index is 0. The Morgan fingerprint density at radius 1 is 1.60 bits per heavy atom. The SMILES string of the molecule is CC[N-]C.[Rf]. The van der Waals surface area contributed by atoms with Gasteiger partial charge in [-0.2, -0.15) is 13.6 Å². The molecule has 0 aromatic carbocycles. The molecule has 0 aliphatic heterocycles. The maximum atomic E-state index is 3.74. The van der Waals surface area contributed by atoms with Crippen LogP contribution in [0.5, 0.6) is 0 Å². The van der Waals surface area contributed by atoms with Gasteiger partial charge in [0.1, 0.15) is 0 Å². The van der Waals surface area contributed by atoms with Gasteiger partial charge >= 0.3 is 0 Å². The first-order chi connectivity index (χ1) is 1.91. The van der Waals surface area contributed by atoms with Crippen LogP contribution in [-0.4, -0.2) is 13.6 Å². The van der Waals surface area contributed by atoms with Gasteiger partial charge in [0.05, 0.1) is 0 Å². The minimum absolute atomic E-state index is 0. The normalized spacial score (nSPS) is 6.00. The van der Waals surface area contributed by atoms with Gasteiger partial charge in [-0.3, -0.25) is 0 Å². The van der Waals surface area contributed by atoms with Crippen LogP contribution in [0.4, 0.5) is 0 Å². The predicted molar refractivity (Wildman–Crippen MR) is 19.8 cm³/mol. The number of hydrogen-bond acceptors (Lipinski definition) is 0. The topological polar surface area (TPSA) is 14.1 Å². The van der Waals surface area contributed by atoms with Crippen LogP contribution in [-0.2, 0) is 0 Å². The van der Waals surface area contributed by atoms with E-state index in [1.54, 1.807) is 7.05 Å². The molecular weight excluding hydrogens is 317 g/mol. The summed E-state index contributed by atoms with van der Waals surface area (Å²) in [6, 6.07) is 0. The summed E-state index contributed by atoms with van der Waals surface area (Å²) in [4.78, 5) is 0. The van der Waals surface area contributed by atoms with E-state index < -0.39 is 0 Å². The molecule has 0 aliphatic carbocycles. The summed E-state index contributed by atoms with van der Waals surface area (Å²) in [6.07, 6.45) is 0. The first-order valence-electron chi connectivity index (χ1n) is 1.47. The van der Waals surface area contributed by atoms with Gasteiger partial charge in [0.15, 0.2) is 0 Å². The molecule has 0 fully saturated rings. The smallest absolute Gasteiger partial charge is 0 e. The zero-order valence-corrected chi connectivity index (χ0v) is 10.3. The standard InChI is InChI=1S/C3H8N.Rf/c1-3-4-2;/h3H2,1-2H3;/q-1;. The van der Waals surface area contributed by atoms with Crippen molar-refractivity contribution in [2.24, 2.45) is 0 Å². The zero-order chi connectivity index (χ0) is 3.41. The maximum Gasteiger partial charge on any atom is 0 e. The molecule has 0 aromatic heterocycles. The van der Waals surface area contributed by atoms with Gasteiger partial charge in [0.2, 0.25) is 0 Å². The molecular formula is C3H8NRf-. The van der Waals surface area contributed by atoms with Crippen molar-refractivity contribution in [3.63, 3.8) is 0 Å². The molecule has 0 saturated heterocycles. The van der Waals surface area contributed by atoms with Crippen molar-refractivity contribution < 1.29 is 0 Å². The molecule has 0 saturated carbocycles. The third-order valence-corrected chi connectivity index (χ3v) is 0.316. The summed E-state index contributed by atoms with van der Waals surface area (Å²) in [5.41, 5.74) is 0. The Morgan fingerprint density at radius 3 is 1.80 bits per heavy atom. The molecule has 0 heterocycles. The van der Waals surface area contributed by atoms with Crippen molar-refractivity contribution in [3.05, 3.63) is 5.32 Å². The Hall–Kier alpha value is -1.04. The van der Waals surface area contributed by atoms with Gasteiger partial charge in [-0.05, 0) is 0 Å². The summed E-state index contributed by atoms with van der Waals surface area (Å²) >= 11 is 0. The maximum absolute atomic E-state index is 3.74. The van der Waals surface area contributed by atoms with Crippen molar-refractivity contribution >= 4 is 0 Å². The van der Waals surface area contributed by atoms with Crippen molar-refractivity contribution in [1.82, 2.24) is 0 Å². The molecule has 0 aliphatic rings. The fraction of sp³-hybridized carbons (Fsp3) is 1.00. The first kappa shape index (κ1) is 9.03. The summed E-state index contributed by atoms with van der Waals surface area (Å²) in [7, 11) is 1.81. The zero-order valence-electron chi connectivity index (χ0n) is 3.86. The van der Waals surface area contributed by atoms with Gasteiger partial charge in [-0.15, -0.1) is 0 Å². The molecule has 0 rings (SSSR count). The van der Waals surface area contributed by atoms with Crippen LogP contribution in [0.15, 0.2) is 0 Å². The van der Waals surface area contributed by atoms with Crippen molar-refractivity contribution in [1.29, 1.82) is 0 Å². The van der Waals surface area contributed by atoms with E-state index in [0.717, 1.165) is 6.54 Å². The largest absolute Gasteiger partial charge is 0.665 e. The van der Waals surface area contributed by atoms with E-state index in [2.05, 4.69) is 5.32 Å². The first-order valence-corrected chi connectivity index (χ1v) is 1.47. The third-order valence-electron chi connectivity index (χ3n) is 0.316. The molecule has 0 bridgehead atoms. The Balaban J connectivity index is 0. The van der Waals surface area contributed by atoms with Gasteiger partial charge in [0, 0.05) is 0 Å². The number of hydrogen-bond donors (Lipinski definition) is 0. The van der Waals surface area contributed by atoms with Crippen LogP contribution in [0, 0.1) is 0 Å². The Morgan fingerprint density at radius 2 is 1.80 bits per heavy atom. The Bertz CT molecular complexity index is 8.85. The molecule has 2 heteroatoms. The number of rotatable bonds is 1. The van der Waals surface area contributed by atoms with Crippen LogP contribution in [0.2, 0.25) is 0 Å². The Kier molecular flexibility index (Phi) is 22.3. The van der Waals surface area contributed by atoms with Gasteiger partial charge in [-0.1, -0.05) is 6.92 Å². The van der Waals surface area contributed by atoms with E-state index in [0.29, 0.717) is 0 Å². The van der Waals surface area contributed by atoms with E-state index in [1.807, 2.05) is 6.92 Å². The average Bonchev–Trinajstić information content (AvgIpc) is 1.37. The summed E-state index contributed by atoms with van der Waals surface area (Å²) < 4.78 is 0. The molecule has 0 radical (unpaired) electrons. The second-order valence-corrected chi connectivity index (χ2v) is 0.632. The van der Waals surface area contributed by atoms with E-state index >= 15 is 0 Å². The molecule has 1 nitrogen and oxygen atoms in total. The second kappa shape index (κ2) is 12.3. The monoisotopic (exact) mass is 325 g/mol. The summed E-state index contributed by atoms with van der Waals surface area (Å²) in [5, 5.41) is 3.74. The molecule has 5 heavy (non-hydrogen) atoms. The summed E-state index contributed by atoms with van der Waals surface area (Å²) in [5.74, 6) is 0. The van der Waals surface area contributed by atoms with Gasteiger partial charge < -0.3 is 5.32 Å². The van der Waals surface area contributed by atoms with E-state index in [9.17, 15) is 0 Å². The van der Waals surface area contributed by atoms with E-state index in [4.69, 9.17) is 0 Å². The van der Waals surface area contributed by atoms with Crippen molar-refractivity contribution in [2.75, 3.05) is 13.6 Å². The summed E-state index contributed by atoms with van der Waals surface area (Å²) in [6.45, 7) is 2.96. The van der Waals surface area contributed by atoms with E-state index in [1.165, 1.54) is 0 Å². The molecule has 0 aromatic rings. The van der Waals surface area contributed by atoms with Crippen LogP contribution >= 0.6 is 0 Å². The predicted octanol–water partition coefficient (Wildman–Crippen LogP) is 1.01. The molecule has 0 unspecified atom stereocenters. The average molecular weight is 325 g/mol. The quantitative estimate of drug-likeness (QED) is 0.683. The Labute approximate surface area is 27.0 Å². The number of nitrogens with zero attached hydrogens (tertiary/aromatic N) is 1. The van der Waals surface area contributed by atoms with Crippen LogP contribution in [0.25, 0.3) is 5.32 Å². The fourth-order valence-electron chi connectivity index (χ4n) is 0. The van der Waals surface area contributed by atoms with Crippen LogP contribution in [0.1, 0.15) is 6.92 Å². The molecule has 28 valence electrons. The second-order valence-electron chi connectivity index (χ2n) is 0.632. The van der Waals surface area contributed by atoms with Crippen LogP contribution < -0.4 is 0 Å². The molecule has 0 spiro atoms. The van der Waals surface area contributed by atoms with Gasteiger partial charge in [0.25, 0.3) is 0 Å². The van der Waals surface area contributed by atoms with Gasteiger partial charge in [-0.25, -0.2) is 0 Å². The minimum Gasteiger partial charge on any atom is -0.665 e. The molecule has 0 amide bonds. The van der Waals surface area contributed by atoms with Crippen molar-refractivity contribution in [3.8, 4) is 0 Å². The fourth-order valence-corrected chi connectivity index (χ4v) is 0. The third kappa shape index (κ3) is 1700. The van der Waals surface area contributed by atoms with Crippen LogP contribution in [0.3, 0.4) is 0 Å². The molecule has 0 N–H and O–H groups in total. The van der Waals surface area contributed by atoms with E-state index in [-0.39, 0.29) is 0 Å².